The summed E-state index contributed by atoms with van der Waals surface area (Å²) < 4.78 is 25.2. The zero-order valence-electron chi connectivity index (χ0n) is 22.9. The first kappa shape index (κ1) is 30.3. The molecule has 43 heavy (non-hydrogen) atoms. The van der Waals surface area contributed by atoms with Crippen molar-refractivity contribution in [3.8, 4) is 17.1 Å². The van der Waals surface area contributed by atoms with Crippen molar-refractivity contribution in [1.29, 1.82) is 0 Å². The monoisotopic (exact) mass is 623 g/mol. The lowest BCUT2D eigenvalue weighted by molar-refractivity contribution is -0.115. The van der Waals surface area contributed by atoms with Crippen molar-refractivity contribution in [2.75, 3.05) is 30.4 Å². The number of carbonyl (C=O) groups excluding carboxylic acids is 1. The Bertz CT molecular complexity index is 1650. The highest BCUT2D eigenvalue weighted by molar-refractivity contribution is 6.33. The number of anilines is 2. The molecule has 0 bridgehead atoms. The van der Waals surface area contributed by atoms with Gasteiger partial charge >= 0.3 is 5.97 Å². The minimum atomic E-state index is -1.05. The van der Waals surface area contributed by atoms with Crippen LogP contribution in [0.15, 0.2) is 72.8 Å². The number of amides is 1. The van der Waals surface area contributed by atoms with Crippen molar-refractivity contribution in [3.05, 3.63) is 105 Å². The summed E-state index contributed by atoms with van der Waals surface area (Å²) >= 11 is 12.4. The number of ether oxygens (including phenoxy) is 2. The van der Waals surface area contributed by atoms with Gasteiger partial charge in [-0.3, -0.25) is 4.79 Å². The van der Waals surface area contributed by atoms with Crippen LogP contribution in [0.25, 0.3) is 11.3 Å². The van der Waals surface area contributed by atoms with Crippen LogP contribution in [0, 0.1) is 11.7 Å². The van der Waals surface area contributed by atoms with Gasteiger partial charge in [0.15, 0.2) is 0 Å². The van der Waals surface area contributed by atoms with Crippen molar-refractivity contribution >= 4 is 46.5 Å². The second kappa shape index (κ2) is 13.9. The molecule has 1 aliphatic heterocycles. The van der Waals surface area contributed by atoms with E-state index in [-0.39, 0.29) is 24.5 Å². The van der Waals surface area contributed by atoms with Crippen molar-refractivity contribution in [2.45, 2.75) is 19.4 Å². The van der Waals surface area contributed by atoms with Gasteiger partial charge in [0.2, 0.25) is 11.8 Å². The van der Waals surface area contributed by atoms with Crippen molar-refractivity contribution in [2.24, 2.45) is 5.92 Å². The number of aromatic nitrogens is 1. The van der Waals surface area contributed by atoms with E-state index in [2.05, 4.69) is 15.6 Å². The average Bonchev–Trinajstić information content (AvgIpc) is 3.50. The summed E-state index contributed by atoms with van der Waals surface area (Å²) in [4.78, 5) is 29.0. The van der Waals surface area contributed by atoms with Gasteiger partial charge in [-0.05, 0) is 54.4 Å². The van der Waals surface area contributed by atoms with E-state index in [1.54, 1.807) is 54.6 Å². The molecule has 0 aliphatic carbocycles. The summed E-state index contributed by atoms with van der Waals surface area (Å²) in [6, 6.07) is 19.4. The maximum Gasteiger partial charge on any atom is 0.335 e. The number of halogens is 3. The van der Waals surface area contributed by atoms with Gasteiger partial charge in [-0.15, -0.1) is 0 Å². The van der Waals surface area contributed by atoms with Crippen LogP contribution in [0.2, 0.25) is 10.0 Å². The van der Waals surface area contributed by atoms with Crippen molar-refractivity contribution in [1.82, 2.24) is 4.98 Å². The highest BCUT2D eigenvalue weighted by Gasteiger charge is 2.18. The molecule has 0 saturated carbocycles. The van der Waals surface area contributed by atoms with E-state index in [0.29, 0.717) is 75.4 Å². The number of aromatic carboxylic acids is 1. The number of carboxylic acid groups (broad SMARTS) is 1. The van der Waals surface area contributed by atoms with Gasteiger partial charge in [0.25, 0.3) is 0 Å². The van der Waals surface area contributed by atoms with Crippen LogP contribution in [-0.4, -0.2) is 41.7 Å². The summed E-state index contributed by atoms with van der Waals surface area (Å²) in [5, 5.41) is 16.3. The Kier molecular flexibility index (Phi) is 9.76. The van der Waals surface area contributed by atoms with Crippen LogP contribution in [0.3, 0.4) is 0 Å². The maximum absolute atomic E-state index is 14.1. The van der Waals surface area contributed by atoms with Gasteiger partial charge in [-0.2, -0.15) is 0 Å². The van der Waals surface area contributed by atoms with Crippen LogP contribution in [-0.2, 0) is 22.6 Å². The van der Waals surface area contributed by atoms with E-state index in [1.807, 2.05) is 0 Å². The molecular weight excluding hydrogens is 596 g/mol. The summed E-state index contributed by atoms with van der Waals surface area (Å²) in [6.45, 7) is 1.92. The van der Waals surface area contributed by atoms with Crippen LogP contribution in [0.5, 0.6) is 5.88 Å². The number of carboxylic acids is 1. The summed E-state index contributed by atoms with van der Waals surface area (Å²) in [5.41, 5.74) is 3.35. The topological polar surface area (TPSA) is 110 Å². The molecule has 0 radical (unpaired) electrons. The third-order valence-electron chi connectivity index (χ3n) is 6.93. The molecule has 1 aliphatic rings. The third-order valence-corrected chi connectivity index (χ3v) is 7.48. The Morgan fingerprint density at radius 3 is 2.65 bits per heavy atom. The molecule has 11 heteroatoms. The first-order valence-electron chi connectivity index (χ1n) is 13.6. The molecular formula is C32H28Cl2FN3O5. The lowest BCUT2D eigenvalue weighted by atomic mass is 10.1. The molecule has 3 aromatic carbocycles. The highest BCUT2D eigenvalue weighted by atomic mass is 35.5. The largest absolute Gasteiger partial charge is 0.478 e. The Morgan fingerprint density at radius 1 is 1.05 bits per heavy atom. The van der Waals surface area contributed by atoms with E-state index < -0.39 is 11.8 Å². The summed E-state index contributed by atoms with van der Waals surface area (Å²) in [6.07, 6.45) is 0.958. The number of carbonyl (C=O) groups is 2. The Hall–Kier alpha value is -4.18. The Morgan fingerprint density at radius 2 is 1.91 bits per heavy atom. The molecule has 4 aromatic rings. The number of rotatable bonds is 11. The first-order chi connectivity index (χ1) is 20.7. The fourth-order valence-corrected chi connectivity index (χ4v) is 5.08. The highest BCUT2D eigenvalue weighted by Crippen LogP contribution is 2.30. The third kappa shape index (κ3) is 8.01. The predicted molar refractivity (Wildman–Crippen MR) is 164 cm³/mol. The van der Waals surface area contributed by atoms with E-state index >= 15 is 0 Å². The van der Waals surface area contributed by atoms with Crippen LogP contribution in [0.4, 0.5) is 15.8 Å². The van der Waals surface area contributed by atoms with Crippen molar-refractivity contribution in [3.63, 3.8) is 0 Å². The summed E-state index contributed by atoms with van der Waals surface area (Å²) in [7, 11) is 0. The van der Waals surface area contributed by atoms with Gasteiger partial charge in [0.1, 0.15) is 12.4 Å². The zero-order valence-corrected chi connectivity index (χ0v) is 24.4. The molecule has 3 N–H and O–H groups in total. The SMILES string of the molecule is O=C(Cc1ccc(-c2cccc(OCc3ccc(Cl)cc3F)n2)c(Cl)c1)Nc1ccc(C(=O)O)cc1NCC1CCOC1. The van der Waals surface area contributed by atoms with Gasteiger partial charge < -0.3 is 25.2 Å². The molecule has 1 amide bonds. The number of hydrogen-bond acceptors (Lipinski definition) is 6. The van der Waals surface area contributed by atoms with E-state index in [9.17, 15) is 19.1 Å². The average molecular weight is 624 g/mol. The van der Waals surface area contributed by atoms with E-state index in [4.69, 9.17) is 32.7 Å². The summed E-state index contributed by atoms with van der Waals surface area (Å²) in [5.74, 6) is -1.20. The Balaban J connectivity index is 1.24. The number of benzene rings is 3. The van der Waals surface area contributed by atoms with Crippen molar-refractivity contribution < 1.29 is 28.6 Å². The smallest absolute Gasteiger partial charge is 0.335 e. The molecule has 2 heterocycles. The van der Waals surface area contributed by atoms with Crippen LogP contribution >= 0.6 is 23.2 Å². The van der Waals surface area contributed by atoms with Gasteiger partial charge in [0.05, 0.1) is 40.7 Å². The molecule has 8 nitrogen and oxygen atoms in total. The number of pyridine rings is 1. The fourth-order valence-electron chi connectivity index (χ4n) is 4.62. The number of hydrogen-bond donors (Lipinski definition) is 3. The molecule has 1 fully saturated rings. The number of nitrogens with zero attached hydrogens (tertiary/aromatic N) is 1. The second-order valence-corrected chi connectivity index (χ2v) is 10.9. The Labute approximate surface area is 257 Å². The van der Waals surface area contributed by atoms with Gasteiger partial charge in [-0.1, -0.05) is 47.5 Å². The van der Waals surface area contributed by atoms with Crippen LogP contribution in [0.1, 0.15) is 27.9 Å². The minimum absolute atomic E-state index is 0.0213. The molecule has 0 spiro atoms. The predicted octanol–water partition coefficient (Wildman–Crippen LogP) is 7.10. The fraction of sp³-hybridized carbons (Fsp3) is 0.219. The first-order valence-corrected chi connectivity index (χ1v) is 14.3. The molecule has 5 rings (SSSR count). The molecule has 1 saturated heterocycles. The standard InChI is InChI=1S/C32H28Cl2FN3O5/c33-23-7-5-22(26(35)15-23)18-43-31-3-1-2-27(38-31)24-8-4-19(12-25(24)34)13-30(39)37-28-9-6-21(32(40)41)14-29(28)36-16-20-10-11-42-17-20/h1-9,12,14-15,20,36H,10-11,13,16-18H2,(H,37,39)(H,40,41). The maximum atomic E-state index is 14.1. The van der Waals surface area contributed by atoms with Gasteiger partial charge in [-0.25, -0.2) is 14.2 Å². The molecule has 222 valence electrons. The number of nitrogens with one attached hydrogen (secondary N) is 2. The molecule has 1 aromatic heterocycles. The van der Waals surface area contributed by atoms with Gasteiger partial charge in [0, 0.05) is 41.3 Å². The minimum Gasteiger partial charge on any atom is -0.478 e. The molecule has 1 unspecified atom stereocenters. The van der Waals surface area contributed by atoms with E-state index in [1.165, 1.54) is 18.2 Å². The normalized spacial score (nSPS) is 14.3. The lowest BCUT2D eigenvalue weighted by Gasteiger charge is -2.16. The quantitative estimate of drug-likeness (QED) is 0.163. The zero-order chi connectivity index (χ0) is 30.3. The van der Waals surface area contributed by atoms with Crippen LogP contribution < -0.4 is 15.4 Å². The van der Waals surface area contributed by atoms with E-state index in [0.717, 1.165) is 6.42 Å². The molecule has 1 atom stereocenters. The second-order valence-electron chi connectivity index (χ2n) is 10.1. The lowest BCUT2D eigenvalue weighted by Crippen LogP contribution is -2.19.